The van der Waals surface area contributed by atoms with Crippen LogP contribution in [0.25, 0.3) is 0 Å². The van der Waals surface area contributed by atoms with Crippen molar-refractivity contribution in [1.29, 1.82) is 0 Å². The van der Waals surface area contributed by atoms with Gasteiger partial charge in [-0.25, -0.2) is 12.7 Å². The van der Waals surface area contributed by atoms with Gasteiger partial charge >= 0.3 is 0 Å². The first-order valence-corrected chi connectivity index (χ1v) is 9.90. The molecule has 1 unspecified atom stereocenters. The minimum Gasteiger partial charge on any atom is -0.207 e. The maximum Gasteiger partial charge on any atom is 0.242 e. The van der Waals surface area contributed by atoms with E-state index >= 15 is 0 Å². The van der Waals surface area contributed by atoms with Gasteiger partial charge in [0.25, 0.3) is 0 Å². The van der Waals surface area contributed by atoms with Crippen LogP contribution in [0.4, 0.5) is 0 Å². The Kier molecular flexibility index (Phi) is 6.20. The van der Waals surface area contributed by atoms with E-state index in [1.54, 1.807) is 31.3 Å². The van der Waals surface area contributed by atoms with Crippen LogP contribution in [0, 0.1) is 0 Å². The van der Waals surface area contributed by atoms with Crippen molar-refractivity contribution in [2.24, 2.45) is 0 Å². The third kappa shape index (κ3) is 4.80. The van der Waals surface area contributed by atoms with Crippen molar-refractivity contribution in [1.82, 2.24) is 4.31 Å². The van der Waals surface area contributed by atoms with Crippen LogP contribution in [0.3, 0.4) is 0 Å². The zero-order chi connectivity index (χ0) is 18.5. The van der Waals surface area contributed by atoms with E-state index in [-0.39, 0.29) is 5.41 Å². The van der Waals surface area contributed by atoms with Crippen molar-refractivity contribution in [3.05, 3.63) is 77.9 Å². The molecule has 0 N–H and O–H groups in total. The fraction of sp³-hybridized carbons (Fsp3) is 0.333. The number of likely N-dealkylation sites (N-methyl/N-ethyl adjacent to an activating group) is 1. The summed E-state index contributed by atoms with van der Waals surface area (Å²) >= 11 is 0. The Morgan fingerprint density at radius 3 is 2.04 bits per heavy atom. The minimum absolute atomic E-state index is 0.296. The van der Waals surface area contributed by atoms with Crippen LogP contribution in [0.2, 0.25) is 0 Å². The Morgan fingerprint density at radius 2 is 1.52 bits per heavy atom. The number of hydrogen-bond donors (Lipinski definition) is 0. The van der Waals surface area contributed by atoms with Crippen molar-refractivity contribution in [2.45, 2.75) is 37.5 Å². The number of sulfonamides is 1. The summed E-state index contributed by atoms with van der Waals surface area (Å²) in [5.74, 6) is 0. The molecule has 0 amide bonds. The predicted octanol–water partition coefficient (Wildman–Crippen LogP) is 4.62. The molecule has 2 aromatic carbocycles. The standard InChI is InChI=1S/C21H27NO2S/c1-18(2)15-16-21(3,19-11-7-5-8-12-19)17-22(4)25(23,24)20-13-9-6-10-14-20/h5-15H,16-17H2,1-4H3. The molecule has 0 heterocycles. The monoisotopic (exact) mass is 357 g/mol. The van der Waals surface area contributed by atoms with E-state index in [4.69, 9.17) is 0 Å². The molecule has 0 saturated carbocycles. The maximum absolute atomic E-state index is 12.9. The molecule has 0 aromatic heterocycles. The summed E-state index contributed by atoms with van der Waals surface area (Å²) in [7, 11) is -1.85. The molecule has 0 radical (unpaired) electrons. The second-order valence-corrected chi connectivity index (χ2v) is 9.03. The Balaban J connectivity index is 2.35. The third-order valence-corrected chi connectivity index (χ3v) is 6.27. The highest BCUT2D eigenvalue weighted by atomic mass is 32.2. The van der Waals surface area contributed by atoms with Crippen LogP contribution >= 0.6 is 0 Å². The van der Waals surface area contributed by atoms with Crippen LogP contribution in [-0.4, -0.2) is 26.3 Å². The zero-order valence-corrected chi connectivity index (χ0v) is 16.3. The van der Waals surface area contributed by atoms with E-state index in [0.717, 1.165) is 12.0 Å². The van der Waals surface area contributed by atoms with Crippen LogP contribution in [0.15, 0.2) is 77.2 Å². The second kappa shape index (κ2) is 7.98. The maximum atomic E-state index is 12.9. The van der Waals surface area contributed by atoms with E-state index in [2.05, 4.69) is 39.0 Å². The van der Waals surface area contributed by atoms with Gasteiger partial charge in [-0.2, -0.15) is 0 Å². The van der Waals surface area contributed by atoms with Crippen molar-refractivity contribution in [2.75, 3.05) is 13.6 Å². The van der Waals surface area contributed by atoms with Crippen molar-refractivity contribution in [3.8, 4) is 0 Å². The van der Waals surface area contributed by atoms with Crippen molar-refractivity contribution >= 4 is 10.0 Å². The summed E-state index contributed by atoms with van der Waals surface area (Å²) in [6.07, 6.45) is 2.96. The van der Waals surface area contributed by atoms with Gasteiger partial charge in [0.2, 0.25) is 10.0 Å². The highest BCUT2D eigenvalue weighted by Crippen LogP contribution is 2.31. The van der Waals surface area contributed by atoms with E-state index in [0.29, 0.717) is 11.4 Å². The molecule has 0 aliphatic carbocycles. The lowest BCUT2D eigenvalue weighted by Gasteiger charge is -2.33. The first-order chi connectivity index (χ1) is 11.8. The summed E-state index contributed by atoms with van der Waals surface area (Å²) < 4.78 is 27.2. The van der Waals surface area contributed by atoms with Gasteiger partial charge in [-0.15, -0.1) is 0 Å². The smallest absolute Gasteiger partial charge is 0.207 e. The first kappa shape index (κ1) is 19.4. The Bertz CT molecular complexity index is 809. The Labute approximate surface area is 152 Å². The molecule has 0 aliphatic rings. The van der Waals surface area contributed by atoms with Crippen LogP contribution in [0.5, 0.6) is 0 Å². The minimum atomic E-state index is -3.51. The van der Waals surface area contributed by atoms with Crippen molar-refractivity contribution < 1.29 is 8.42 Å². The van der Waals surface area contributed by atoms with Gasteiger partial charge in [-0.1, -0.05) is 67.1 Å². The normalized spacial score (nSPS) is 14.1. The molecule has 2 aromatic rings. The Morgan fingerprint density at radius 1 is 1.00 bits per heavy atom. The molecule has 134 valence electrons. The molecule has 0 saturated heterocycles. The lowest BCUT2D eigenvalue weighted by atomic mass is 9.79. The zero-order valence-electron chi connectivity index (χ0n) is 15.4. The lowest BCUT2D eigenvalue weighted by Crippen LogP contribution is -2.40. The highest BCUT2D eigenvalue weighted by molar-refractivity contribution is 7.89. The molecule has 0 fully saturated rings. The van der Waals surface area contributed by atoms with Gasteiger partial charge in [0.1, 0.15) is 0 Å². The fourth-order valence-corrected chi connectivity index (χ4v) is 4.21. The fourth-order valence-electron chi connectivity index (χ4n) is 2.89. The molecule has 25 heavy (non-hydrogen) atoms. The quantitative estimate of drug-likeness (QED) is 0.678. The summed E-state index contributed by atoms with van der Waals surface area (Å²) in [5.41, 5.74) is 2.08. The molecule has 0 bridgehead atoms. The largest absolute Gasteiger partial charge is 0.242 e. The van der Waals surface area contributed by atoms with Gasteiger partial charge in [0, 0.05) is 19.0 Å². The van der Waals surface area contributed by atoms with E-state index in [1.165, 1.54) is 9.88 Å². The highest BCUT2D eigenvalue weighted by Gasteiger charge is 2.32. The van der Waals surface area contributed by atoms with Gasteiger partial charge in [0.05, 0.1) is 4.90 Å². The summed E-state index contributed by atoms with van der Waals surface area (Å²) in [5, 5.41) is 0. The average molecular weight is 358 g/mol. The van der Waals surface area contributed by atoms with Crippen LogP contribution < -0.4 is 0 Å². The summed E-state index contributed by atoms with van der Waals surface area (Å²) in [4.78, 5) is 0.329. The van der Waals surface area contributed by atoms with Crippen molar-refractivity contribution in [3.63, 3.8) is 0 Å². The van der Waals surface area contributed by atoms with E-state index in [9.17, 15) is 8.42 Å². The second-order valence-electron chi connectivity index (χ2n) is 6.99. The average Bonchev–Trinajstić information content (AvgIpc) is 2.61. The summed E-state index contributed by atoms with van der Waals surface area (Å²) in [6, 6.07) is 18.7. The summed E-state index contributed by atoms with van der Waals surface area (Å²) in [6.45, 7) is 6.67. The SMILES string of the molecule is CC(C)=CCC(C)(CN(C)S(=O)(=O)c1ccccc1)c1ccccc1. The number of benzene rings is 2. The lowest BCUT2D eigenvalue weighted by molar-refractivity contribution is 0.352. The van der Waals surface area contributed by atoms with E-state index < -0.39 is 10.0 Å². The first-order valence-electron chi connectivity index (χ1n) is 8.46. The molecule has 1 atom stereocenters. The third-order valence-electron chi connectivity index (χ3n) is 4.45. The van der Waals surface area contributed by atoms with Gasteiger partial charge in [0.15, 0.2) is 0 Å². The number of nitrogens with zero attached hydrogens (tertiary/aromatic N) is 1. The molecule has 4 heteroatoms. The van der Waals surface area contributed by atoms with E-state index in [1.807, 2.05) is 24.3 Å². The number of hydrogen-bond acceptors (Lipinski definition) is 2. The number of allylic oxidation sites excluding steroid dienone is 2. The predicted molar refractivity (Wildman–Crippen MR) is 104 cm³/mol. The van der Waals surface area contributed by atoms with Crippen LogP contribution in [-0.2, 0) is 15.4 Å². The van der Waals surface area contributed by atoms with Gasteiger partial charge in [-0.05, 0) is 38.0 Å². The molecule has 3 nitrogen and oxygen atoms in total. The number of rotatable bonds is 7. The van der Waals surface area contributed by atoms with Crippen LogP contribution in [0.1, 0.15) is 32.8 Å². The van der Waals surface area contributed by atoms with Gasteiger partial charge < -0.3 is 0 Å². The topological polar surface area (TPSA) is 37.4 Å². The Hall–Kier alpha value is -1.91. The van der Waals surface area contributed by atoms with Gasteiger partial charge in [-0.3, -0.25) is 0 Å². The molecular formula is C21H27NO2S. The molecule has 2 rings (SSSR count). The molecular weight excluding hydrogens is 330 g/mol. The molecule has 0 spiro atoms. The molecule has 0 aliphatic heterocycles.